The van der Waals surface area contributed by atoms with Crippen molar-refractivity contribution >= 4 is 0 Å². The molecular weight excluding hydrogens is 218 g/mol. The van der Waals surface area contributed by atoms with E-state index in [1.807, 2.05) is 42.6 Å². The van der Waals surface area contributed by atoms with Gasteiger partial charge in [0.15, 0.2) is 0 Å². The number of hydrogen-bond donors (Lipinski definition) is 0. The molecule has 0 bridgehead atoms. The number of pyridine rings is 1. The minimum Gasteiger partial charge on any atom is -0.256 e. The molecule has 1 nitrogen and oxygen atoms in total. The molecular formula is C17H21N. The normalized spacial score (nSPS) is 9.89. The Hall–Kier alpha value is -1.89. The molecule has 1 heteroatoms. The van der Waals surface area contributed by atoms with Crippen LogP contribution in [0.25, 0.3) is 11.3 Å². The van der Waals surface area contributed by atoms with Gasteiger partial charge in [0.2, 0.25) is 0 Å². The lowest BCUT2D eigenvalue weighted by Gasteiger charge is -1.97. The zero-order valence-corrected chi connectivity index (χ0v) is 11.2. The van der Waals surface area contributed by atoms with Crippen LogP contribution in [0, 0.1) is 0 Å². The Labute approximate surface area is 110 Å². The zero-order chi connectivity index (χ0) is 13.1. The Kier molecular flexibility index (Phi) is 7.22. The SMILES string of the molecule is CCC=CCC.c1ccc(-c2ccccn2)cc1. The average molecular weight is 239 g/mol. The molecule has 94 valence electrons. The fourth-order valence-corrected chi connectivity index (χ4v) is 1.48. The van der Waals surface area contributed by atoms with Crippen LogP contribution in [0.3, 0.4) is 0 Å². The van der Waals surface area contributed by atoms with Crippen LogP contribution in [-0.2, 0) is 0 Å². The fraction of sp³-hybridized carbons (Fsp3) is 0.235. The highest BCUT2D eigenvalue weighted by atomic mass is 14.7. The van der Waals surface area contributed by atoms with E-state index in [1.165, 1.54) is 12.8 Å². The number of allylic oxidation sites excluding steroid dienone is 2. The smallest absolute Gasteiger partial charge is 0.0701 e. The van der Waals surface area contributed by atoms with Crippen LogP contribution in [0.5, 0.6) is 0 Å². The molecule has 0 unspecified atom stereocenters. The van der Waals surface area contributed by atoms with Gasteiger partial charge in [0, 0.05) is 11.8 Å². The molecule has 0 aliphatic rings. The second-order valence-corrected chi connectivity index (χ2v) is 3.87. The van der Waals surface area contributed by atoms with E-state index in [9.17, 15) is 0 Å². The van der Waals surface area contributed by atoms with Crippen molar-refractivity contribution in [1.82, 2.24) is 4.98 Å². The van der Waals surface area contributed by atoms with Crippen molar-refractivity contribution in [3.05, 3.63) is 66.9 Å². The zero-order valence-electron chi connectivity index (χ0n) is 11.2. The van der Waals surface area contributed by atoms with Gasteiger partial charge in [-0.25, -0.2) is 0 Å². The van der Waals surface area contributed by atoms with E-state index >= 15 is 0 Å². The predicted molar refractivity (Wildman–Crippen MR) is 79.4 cm³/mol. The van der Waals surface area contributed by atoms with Crippen LogP contribution in [-0.4, -0.2) is 4.98 Å². The van der Waals surface area contributed by atoms with Crippen molar-refractivity contribution in [3.8, 4) is 11.3 Å². The quantitative estimate of drug-likeness (QED) is 0.678. The first-order valence-corrected chi connectivity index (χ1v) is 6.50. The third-order valence-corrected chi connectivity index (χ3v) is 2.37. The van der Waals surface area contributed by atoms with Crippen molar-refractivity contribution in [1.29, 1.82) is 0 Å². The molecule has 0 aliphatic carbocycles. The van der Waals surface area contributed by atoms with Crippen LogP contribution in [0.15, 0.2) is 66.9 Å². The van der Waals surface area contributed by atoms with Crippen molar-refractivity contribution in [2.75, 3.05) is 0 Å². The molecule has 0 atom stereocenters. The second-order valence-electron chi connectivity index (χ2n) is 3.87. The van der Waals surface area contributed by atoms with E-state index in [2.05, 4.69) is 43.1 Å². The maximum Gasteiger partial charge on any atom is 0.0701 e. The lowest BCUT2D eigenvalue weighted by atomic mass is 10.1. The van der Waals surface area contributed by atoms with Gasteiger partial charge in [-0.15, -0.1) is 0 Å². The van der Waals surface area contributed by atoms with Gasteiger partial charge in [-0.2, -0.15) is 0 Å². The van der Waals surface area contributed by atoms with Gasteiger partial charge in [0.1, 0.15) is 0 Å². The monoisotopic (exact) mass is 239 g/mol. The Bertz CT molecular complexity index is 388. The minimum atomic E-state index is 1.03. The maximum absolute atomic E-state index is 4.25. The molecule has 0 fully saturated rings. The molecule has 18 heavy (non-hydrogen) atoms. The molecule has 0 spiro atoms. The van der Waals surface area contributed by atoms with E-state index in [0.717, 1.165) is 11.3 Å². The second kappa shape index (κ2) is 9.17. The van der Waals surface area contributed by atoms with E-state index in [1.54, 1.807) is 0 Å². The van der Waals surface area contributed by atoms with Gasteiger partial charge in [0.25, 0.3) is 0 Å². The molecule has 0 amide bonds. The van der Waals surface area contributed by atoms with Crippen LogP contribution in [0.4, 0.5) is 0 Å². The Morgan fingerprint density at radius 2 is 1.44 bits per heavy atom. The summed E-state index contributed by atoms with van der Waals surface area (Å²) in [4.78, 5) is 4.25. The molecule has 1 aromatic carbocycles. The molecule has 1 heterocycles. The molecule has 2 aromatic rings. The third-order valence-electron chi connectivity index (χ3n) is 2.37. The fourth-order valence-electron chi connectivity index (χ4n) is 1.48. The number of nitrogens with zero attached hydrogens (tertiary/aromatic N) is 1. The first kappa shape index (κ1) is 14.2. The first-order chi connectivity index (χ1) is 8.88. The van der Waals surface area contributed by atoms with Gasteiger partial charge in [-0.3, -0.25) is 4.98 Å². The van der Waals surface area contributed by atoms with Crippen LogP contribution >= 0.6 is 0 Å². The van der Waals surface area contributed by atoms with Gasteiger partial charge >= 0.3 is 0 Å². The van der Waals surface area contributed by atoms with E-state index in [4.69, 9.17) is 0 Å². The molecule has 0 N–H and O–H groups in total. The number of aromatic nitrogens is 1. The summed E-state index contributed by atoms with van der Waals surface area (Å²) in [6.07, 6.45) is 8.52. The molecule has 0 saturated carbocycles. The summed E-state index contributed by atoms with van der Waals surface area (Å²) in [5.41, 5.74) is 2.19. The summed E-state index contributed by atoms with van der Waals surface area (Å²) < 4.78 is 0. The van der Waals surface area contributed by atoms with E-state index in [0.29, 0.717) is 0 Å². The summed E-state index contributed by atoms with van der Waals surface area (Å²) in [5, 5.41) is 0. The van der Waals surface area contributed by atoms with Crippen molar-refractivity contribution in [2.24, 2.45) is 0 Å². The largest absolute Gasteiger partial charge is 0.256 e. The van der Waals surface area contributed by atoms with Crippen LogP contribution in [0.2, 0.25) is 0 Å². The Morgan fingerprint density at radius 1 is 0.833 bits per heavy atom. The highest BCUT2D eigenvalue weighted by Gasteiger charge is 1.93. The molecule has 0 radical (unpaired) electrons. The molecule has 2 rings (SSSR count). The Morgan fingerprint density at radius 3 is 1.94 bits per heavy atom. The third kappa shape index (κ3) is 5.44. The van der Waals surface area contributed by atoms with Gasteiger partial charge in [0.05, 0.1) is 5.69 Å². The van der Waals surface area contributed by atoms with E-state index in [-0.39, 0.29) is 0 Å². The number of hydrogen-bond acceptors (Lipinski definition) is 1. The highest BCUT2D eigenvalue weighted by molar-refractivity contribution is 5.58. The van der Waals surface area contributed by atoms with E-state index < -0.39 is 0 Å². The summed E-state index contributed by atoms with van der Waals surface area (Å²) in [6.45, 7) is 4.29. The van der Waals surface area contributed by atoms with Crippen molar-refractivity contribution in [2.45, 2.75) is 26.7 Å². The number of benzene rings is 1. The predicted octanol–water partition coefficient (Wildman–Crippen LogP) is 5.11. The molecule has 0 saturated heterocycles. The highest BCUT2D eigenvalue weighted by Crippen LogP contribution is 2.14. The minimum absolute atomic E-state index is 1.03. The topological polar surface area (TPSA) is 12.9 Å². The summed E-state index contributed by atoms with van der Waals surface area (Å²) >= 11 is 0. The van der Waals surface area contributed by atoms with Crippen LogP contribution < -0.4 is 0 Å². The van der Waals surface area contributed by atoms with Gasteiger partial charge in [-0.05, 0) is 25.0 Å². The standard InChI is InChI=1S/C11H9N.C6H12/c1-2-6-10(7-3-1)11-8-4-5-9-12-11;1-3-5-6-4-2/h1-9H;5-6H,3-4H2,1-2H3. The van der Waals surface area contributed by atoms with Gasteiger partial charge in [-0.1, -0.05) is 62.4 Å². The lowest BCUT2D eigenvalue weighted by Crippen LogP contribution is -1.79. The molecule has 0 aliphatic heterocycles. The maximum atomic E-state index is 4.25. The first-order valence-electron chi connectivity index (χ1n) is 6.50. The van der Waals surface area contributed by atoms with Crippen LogP contribution in [0.1, 0.15) is 26.7 Å². The molecule has 1 aromatic heterocycles. The number of rotatable bonds is 3. The van der Waals surface area contributed by atoms with Crippen molar-refractivity contribution < 1.29 is 0 Å². The summed E-state index contributed by atoms with van der Waals surface area (Å²) in [5.74, 6) is 0. The average Bonchev–Trinajstić information content (AvgIpc) is 2.48. The Balaban J connectivity index is 0.000000232. The summed E-state index contributed by atoms with van der Waals surface area (Å²) in [7, 11) is 0. The summed E-state index contributed by atoms with van der Waals surface area (Å²) in [6, 6.07) is 16.1. The van der Waals surface area contributed by atoms with Crippen molar-refractivity contribution in [3.63, 3.8) is 0 Å². The van der Waals surface area contributed by atoms with Gasteiger partial charge < -0.3 is 0 Å². The lowest BCUT2D eigenvalue weighted by molar-refractivity contribution is 1.16.